The second-order valence-corrected chi connectivity index (χ2v) is 8.80. The lowest BCUT2D eigenvalue weighted by atomic mass is 9.46. The highest BCUT2D eigenvalue weighted by atomic mass is 16.6. The highest BCUT2D eigenvalue weighted by Gasteiger charge is 2.71. The zero-order chi connectivity index (χ0) is 19.5. The molecule has 6 aliphatic rings. The van der Waals surface area contributed by atoms with Gasteiger partial charge in [-0.1, -0.05) is 44.9 Å². The molecule has 0 aromatic heterocycles. The Morgan fingerprint density at radius 1 is 1.21 bits per heavy atom. The average Bonchev–Trinajstić information content (AvgIpc) is 3.16. The molecule has 4 aliphatic carbocycles. The summed E-state index contributed by atoms with van der Waals surface area (Å²) in [6.07, 6.45) is 15.7. The Kier molecular flexibility index (Phi) is 3.98. The molecule has 2 spiro atoms. The molecule has 2 fully saturated rings. The van der Waals surface area contributed by atoms with E-state index in [1.807, 2.05) is 6.08 Å². The van der Waals surface area contributed by atoms with Gasteiger partial charge in [-0.2, -0.15) is 0 Å². The molecule has 0 aromatic carbocycles. The number of hydrogen-bond acceptors (Lipinski definition) is 4. The molecule has 0 aromatic rings. The second kappa shape index (κ2) is 6.20. The van der Waals surface area contributed by atoms with Crippen molar-refractivity contribution in [1.29, 1.82) is 0 Å². The Bertz CT molecular complexity index is 873. The maximum Gasteiger partial charge on any atom is 0.339 e. The van der Waals surface area contributed by atoms with Gasteiger partial charge in [-0.25, -0.2) is 9.59 Å². The molecule has 1 saturated heterocycles. The van der Waals surface area contributed by atoms with Gasteiger partial charge in [-0.05, 0) is 50.2 Å². The maximum atomic E-state index is 12.9. The third-order valence-electron chi connectivity index (χ3n) is 7.54. The minimum Gasteiger partial charge on any atom is -0.450 e. The van der Waals surface area contributed by atoms with Crippen LogP contribution < -0.4 is 0 Å². The number of rotatable bonds is 4. The molecule has 4 heteroatoms. The minimum absolute atomic E-state index is 0.0706. The van der Waals surface area contributed by atoms with Crippen LogP contribution in [0.1, 0.15) is 65.2 Å². The van der Waals surface area contributed by atoms with E-state index < -0.39 is 11.0 Å². The highest BCUT2D eigenvalue weighted by molar-refractivity contribution is 5.99. The lowest BCUT2D eigenvalue weighted by Gasteiger charge is -2.58. The third-order valence-corrected chi connectivity index (χ3v) is 7.54. The lowest BCUT2D eigenvalue weighted by Crippen LogP contribution is -2.60. The molecule has 4 nitrogen and oxygen atoms in total. The lowest BCUT2D eigenvalue weighted by molar-refractivity contribution is -0.170. The largest absolute Gasteiger partial charge is 0.450 e. The minimum atomic E-state index is -0.603. The molecule has 2 bridgehead atoms. The van der Waals surface area contributed by atoms with E-state index in [0.29, 0.717) is 0 Å². The predicted octanol–water partition coefficient (Wildman–Crippen LogP) is 4.92. The fourth-order valence-electron chi connectivity index (χ4n) is 6.56. The SMILES string of the molecule is CCC/C=C1/OC(=O)C2=C[C@H]3CC[C@]21[C@@H](CCC)[C@]31OC(=O)C2=C1CCC=C2. The number of carbonyl (C=O) groups is 2. The quantitative estimate of drug-likeness (QED) is 0.650. The topological polar surface area (TPSA) is 52.6 Å². The molecular formula is C24H28O4. The summed E-state index contributed by atoms with van der Waals surface area (Å²) in [6, 6.07) is 0. The molecule has 0 N–H and O–H groups in total. The summed E-state index contributed by atoms with van der Waals surface area (Å²) in [6.45, 7) is 4.31. The van der Waals surface area contributed by atoms with Crippen molar-refractivity contribution in [2.45, 2.75) is 70.8 Å². The van der Waals surface area contributed by atoms with Gasteiger partial charge in [-0.3, -0.25) is 0 Å². The molecule has 28 heavy (non-hydrogen) atoms. The van der Waals surface area contributed by atoms with Crippen LogP contribution in [0.3, 0.4) is 0 Å². The van der Waals surface area contributed by atoms with E-state index in [9.17, 15) is 9.59 Å². The van der Waals surface area contributed by atoms with E-state index in [1.165, 1.54) is 5.57 Å². The first-order valence-corrected chi connectivity index (χ1v) is 10.9. The van der Waals surface area contributed by atoms with Gasteiger partial charge in [0.25, 0.3) is 0 Å². The summed E-state index contributed by atoms with van der Waals surface area (Å²) in [7, 11) is 0. The summed E-state index contributed by atoms with van der Waals surface area (Å²) < 4.78 is 12.2. The van der Waals surface area contributed by atoms with Crippen LogP contribution >= 0.6 is 0 Å². The van der Waals surface area contributed by atoms with Gasteiger partial charge in [0.1, 0.15) is 11.4 Å². The predicted molar refractivity (Wildman–Crippen MR) is 105 cm³/mol. The fourth-order valence-corrected chi connectivity index (χ4v) is 6.56. The first-order valence-electron chi connectivity index (χ1n) is 10.9. The Morgan fingerprint density at radius 3 is 2.86 bits per heavy atom. The smallest absolute Gasteiger partial charge is 0.339 e. The second-order valence-electron chi connectivity index (χ2n) is 8.80. The van der Waals surface area contributed by atoms with Crippen LogP contribution in [0.2, 0.25) is 0 Å². The van der Waals surface area contributed by atoms with Crippen LogP contribution in [0.15, 0.2) is 46.8 Å². The molecule has 2 heterocycles. The summed E-state index contributed by atoms with van der Waals surface area (Å²) in [4.78, 5) is 25.7. The molecule has 2 aliphatic heterocycles. The van der Waals surface area contributed by atoms with Gasteiger partial charge >= 0.3 is 11.9 Å². The fraction of sp³-hybridized carbons (Fsp3) is 0.583. The summed E-state index contributed by atoms with van der Waals surface area (Å²) in [5.74, 6) is 0.585. The summed E-state index contributed by atoms with van der Waals surface area (Å²) in [5.41, 5.74) is 1.73. The van der Waals surface area contributed by atoms with Gasteiger partial charge < -0.3 is 9.47 Å². The Labute approximate surface area is 166 Å². The standard InChI is InChI=1S/C24H28O4/c1-3-5-11-20-23-13-12-15(14-18(23)22(26)27-20)24(19(23)8-4-2)17-10-7-6-9-16(17)21(25)28-24/h6,9,11,14-15,19H,3-5,7-8,10,12-13H2,1-2H3/b20-11+/t15-,19-,23-,24+/m1/s1. The van der Waals surface area contributed by atoms with E-state index >= 15 is 0 Å². The van der Waals surface area contributed by atoms with Crippen molar-refractivity contribution >= 4 is 11.9 Å². The zero-order valence-electron chi connectivity index (χ0n) is 16.8. The van der Waals surface area contributed by atoms with Gasteiger partial charge in [0.15, 0.2) is 0 Å². The number of unbranched alkanes of at least 4 members (excludes halogenated alkanes) is 1. The summed E-state index contributed by atoms with van der Waals surface area (Å²) >= 11 is 0. The van der Waals surface area contributed by atoms with E-state index in [4.69, 9.17) is 9.47 Å². The Hall–Kier alpha value is -2.10. The monoisotopic (exact) mass is 380 g/mol. The van der Waals surface area contributed by atoms with E-state index in [2.05, 4.69) is 32.1 Å². The number of hydrogen-bond donors (Lipinski definition) is 0. The van der Waals surface area contributed by atoms with E-state index in [-0.39, 0.29) is 23.8 Å². The molecule has 6 rings (SSSR count). The van der Waals surface area contributed by atoms with Crippen molar-refractivity contribution < 1.29 is 19.1 Å². The molecule has 4 atom stereocenters. The van der Waals surface area contributed by atoms with Crippen LogP contribution in [0, 0.1) is 17.3 Å². The van der Waals surface area contributed by atoms with Gasteiger partial charge in [0.2, 0.25) is 0 Å². The number of esters is 2. The van der Waals surface area contributed by atoms with Crippen LogP contribution in [-0.2, 0) is 19.1 Å². The number of ether oxygens (including phenoxy) is 2. The Balaban J connectivity index is 1.74. The third kappa shape index (κ3) is 2.01. The molecule has 0 unspecified atom stereocenters. The van der Waals surface area contributed by atoms with Crippen molar-refractivity contribution in [1.82, 2.24) is 0 Å². The first-order chi connectivity index (χ1) is 13.6. The maximum absolute atomic E-state index is 12.9. The number of fused-ring (bicyclic) bond motifs is 1. The molecule has 0 amide bonds. The first kappa shape index (κ1) is 18.0. The van der Waals surface area contributed by atoms with Crippen molar-refractivity contribution in [3.63, 3.8) is 0 Å². The van der Waals surface area contributed by atoms with Crippen LogP contribution in [0.5, 0.6) is 0 Å². The van der Waals surface area contributed by atoms with Crippen molar-refractivity contribution in [2.75, 3.05) is 0 Å². The molecule has 1 saturated carbocycles. The number of carbonyl (C=O) groups excluding carboxylic acids is 2. The molecule has 148 valence electrons. The number of allylic oxidation sites excluding steroid dienone is 3. The normalized spacial score (nSPS) is 39.4. The van der Waals surface area contributed by atoms with Crippen molar-refractivity contribution in [2.24, 2.45) is 17.3 Å². The van der Waals surface area contributed by atoms with Crippen molar-refractivity contribution in [3.05, 3.63) is 46.8 Å². The van der Waals surface area contributed by atoms with E-state index in [1.54, 1.807) is 0 Å². The number of cyclic esters (lactones) is 1. The zero-order valence-corrected chi connectivity index (χ0v) is 16.8. The van der Waals surface area contributed by atoms with Crippen molar-refractivity contribution in [3.8, 4) is 0 Å². The van der Waals surface area contributed by atoms with E-state index in [0.717, 1.165) is 68.3 Å². The average molecular weight is 380 g/mol. The van der Waals surface area contributed by atoms with Gasteiger partial charge in [-0.15, -0.1) is 0 Å². The van der Waals surface area contributed by atoms with Crippen LogP contribution in [-0.4, -0.2) is 17.5 Å². The molecule has 0 radical (unpaired) electrons. The van der Waals surface area contributed by atoms with Crippen LogP contribution in [0.25, 0.3) is 0 Å². The highest BCUT2D eigenvalue weighted by Crippen LogP contribution is 2.70. The molecular weight excluding hydrogens is 352 g/mol. The Morgan fingerprint density at radius 2 is 2.07 bits per heavy atom. The van der Waals surface area contributed by atoms with Crippen LogP contribution in [0.4, 0.5) is 0 Å². The van der Waals surface area contributed by atoms with Gasteiger partial charge in [0.05, 0.1) is 11.0 Å². The summed E-state index contributed by atoms with van der Waals surface area (Å²) in [5, 5.41) is 0. The van der Waals surface area contributed by atoms with Gasteiger partial charge in [0, 0.05) is 17.4 Å².